The summed E-state index contributed by atoms with van der Waals surface area (Å²) in [4.78, 5) is 11.7. The van der Waals surface area contributed by atoms with Gasteiger partial charge >= 0.3 is 5.97 Å². The van der Waals surface area contributed by atoms with Gasteiger partial charge in [0, 0.05) is 24.7 Å². The molecule has 7 nitrogen and oxygen atoms in total. The molecule has 3 N–H and O–H groups in total. The number of nitrogens with two attached hydrogens (primary N) is 1. The molecule has 7 heteroatoms. The summed E-state index contributed by atoms with van der Waals surface area (Å²) in [7, 11) is 4.35. The van der Waals surface area contributed by atoms with E-state index in [1.54, 1.807) is 13.1 Å². The normalized spacial score (nSPS) is 10.3. The van der Waals surface area contributed by atoms with Gasteiger partial charge in [0.15, 0.2) is 0 Å². The van der Waals surface area contributed by atoms with Gasteiger partial charge in [0.05, 0.1) is 19.9 Å². The van der Waals surface area contributed by atoms with Gasteiger partial charge in [-0.15, -0.1) is 0 Å². The van der Waals surface area contributed by atoms with E-state index in [9.17, 15) is 9.90 Å². The molecule has 2 aromatic rings. The number of nitrogen functional groups attached to an aromatic ring is 1. The van der Waals surface area contributed by atoms with Crippen LogP contribution in [-0.2, 0) is 11.8 Å². The molecule has 0 radical (unpaired) electrons. The van der Waals surface area contributed by atoms with E-state index in [-0.39, 0.29) is 17.1 Å². The Morgan fingerprint density at radius 1 is 1.35 bits per heavy atom. The van der Waals surface area contributed by atoms with Crippen LogP contribution in [0.5, 0.6) is 11.5 Å². The molecule has 0 fully saturated rings. The van der Waals surface area contributed by atoms with Crippen LogP contribution in [0.3, 0.4) is 0 Å². The monoisotopic (exact) mass is 277 g/mol. The maximum absolute atomic E-state index is 11.7. The number of carbonyl (C=O) groups excluding carboxylic acids is 1. The Morgan fingerprint density at radius 3 is 2.55 bits per heavy atom. The standard InChI is InChI=1S/C13H15N3O4/c1-16-12(14)5-9(15-16)7-4-8(13(18)20-3)11(19-2)6-10(7)17/h4-6,17H,14H2,1-3H3. The largest absolute Gasteiger partial charge is 0.507 e. The van der Waals surface area contributed by atoms with Gasteiger partial charge in [0.25, 0.3) is 0 Å². The number of aryl methyl sites for hydroxylation is 1. The van der Waals surface area contributed by atoms with E-state index in [1.807, 2.05) is 0 Å². The van der Waals surface area contributed by atoms with Crippen LogP contribution >= 0.6 is 0 Å². The van der Waals surface area contributed by atoms with Crippen molar-refractivity contribution >= 4 is 11.8 Å². The zero-order valence-corrected chi connectivity index (χ0v) is 11.4. The molecule has 0 aliphatic heterocycles. The Balaban J connectivity index is 2.62. The van der Waals surface area contributed by atoms with Crippen molar-refractivity contribution in [3.63, 3.8) is 0 Å². The zero-order chi connectivity index (χ0) is 14.9. The maximum Gasteiger partial charge on any atom is 0.341 e. The van der Waals surface area contributed by atoms with E-state index in [0.717, 1.165) is 0 Å². The number of nitrogens with zero attached hydrogens (tertiary/aromatic N) is 2. The molecule has 0 saturated carbocycles. The Morgan fingerprint density at radius 2 is 2.05 bits per heavy atom. The summed E-state index contributed by atoms with van der Waals surface area (Å²) in [6.07, 6.45) is 0. The molecule has 2 rings (SSSR count). The predicted octanol–water partition coefficient (Wildman–Crippen LogP) is 1.17. The molecular weight excluding hydrogens is 262 g/mol. The molecule has 0 saturated heterocycles. The molecule has 0 atom stereocenters. The lowest BCUT2D eigenvalue weighted by Crippen LogP contribution is -2.04. The van der Waals surface area contributed by atoms with Gasteiger partial charge in [-0.05, 0) is 6.07 Å². The van der Waals surface area contributed by atoms with Crippen LogP contribution in [-0.4, -0.2) is 35.1 Å². The highest BCUT2D eigenvalue weighted by atomic mass is 16.5. The minimum Gasteiger partial charge on any atom is -0.507 e. The smallest absolute Gasteiger partial charge is 0.341 e. The van der Waals surface area contributed by atoms with Crippen molar-refractivity contribution < 1.29 is 19.4 Å². The van der Waals surface area contributed by atoms with E-state index >= 15 is 0 Å². The third kappa shape index (κ3) is 2.25. The predicted molar refractivity (Wildman–Crippen MR) is 72.6 cm³/mol. The number of anilines is 1. The molecule has 1 aromatic carbocycles. The summed E-state index contributed by atoms with van der Waals surface area (Å²) in [5, 5.41) is 14.2. The number of phenols is 1. The first-order valence-electron chi connectivity index (χ1n) is 5.77. The van der Waals surface area contributed by atoms with E-state index in [0.29, 0.717) is 17.1 Å². The average molecular weight is 277 g/mol. The van der Waals surface area contributed by atoms with Crippen LogP contribution in [0.2, 0.25) is 0 Å². The lowest BCUT2D eigenvalue weighted by molar-refractivity contribution is 0.0597. The fourth-order valence-corrected chi connectivity index (χ4v) is 1.83. The molecule has 1 aromatic heterocycles. The topological polar surface area (TPSA) is 99.6 Å². The van der Waals surface area contributed by atoms with Crippen molar-refractivity contribution in [3.05, 3.63) is 23.8 Å². The van der Waals surface area contributed by atoms with Gasteiger partial charge in [0.2, 0.25) is 0 Å². The Labute approximate surface area is 115 Å². The highest BCUT2D eigenvalue weighted by molar-refractivity contribution is 5.95. The molecule has 0 unspecified atom stereocenters. The van der Waals surface area contributed by atoms with Crippen molar-refractivity contribution in [3.8, 4) is 22.8 Å². The number of rotatable bonds is 3. The summed E-state index contributed by atoms with van der Waals surface area (Å²) < 4.78 is 11.2. The second kappa shape index (κ2) is 5.12. The molecule has 0 amide bonds. The van der Waals surface area contributed by atoms with Crippen molar-refractivity contribution in [2.75, 3.05) is 20.0 Å². The van der Waals surface area contributed by atoms with E-state index in [2.05, 4.69) is 9.84 Å². The van der Waals surface area contributed by atoms with E-state index in [1.165, 1.54) is 31.0 Å². The lowest BCUT2D eigenvalue weighted by Gasteiger charge is -2.10. The SMILES string of the molecule is COC(=O)c1cc(-c2cc(N)n(C)n2)c(O)cc1OC. The van der Waals surface area contributed by atoms with Gasteiger partial charge in [0.1, 0.15) is 22.9 Å². The number of methoxy groups -OCH3 is 2. The number of aromatic nitrogens is 2. The fourth-order valence-electron chi connectivity index (χ4n) is 1.83. The molecule has 0 spiro atoms. The van der Waals surface area contributed by atoms with Gasteiger partial charge < -0.3 is 20.3 Å². The molecule has 20 heavy (non-hydrogen) atoms. The molecule has 106 valence electrons. The summed E-state index contributed by atoms with van der Waals surface area (Å²) >= 11 is 0. The van der Waals surface area contributed by atoms with E-state index < -0.39 is 5.97 Å². The summed E-state index contributed by atoms with van der Waals surface area (Å²) in [5.74, 6) is 0.0384. The Bertz CT molecular complexity index is 644. The van der Waals surface area contributed by atoms with Crippen LogP contribution in [0, 0.1) is 0 Å². The van der Waals surface area contributed by atoms with Gasteiger partial charge in [-0.1, -0.05) is 0 Å². The first kappa shape index (κ1) is 13.7. The average Bonchev–Trinajstić information content (AvgIpc) is 2.77. The molecular formula is C13H15N3O4. The molecule has 0 aliphatic rings. The zero-order valence-electron chi connectivity index (χ0n) is 11.4. The second-order valence-electron chi connectivity index (χ2n) is 4.14. The first-order valence-corrected chi connectivity index (χ1v) is 5.77. The van der Waals surface area contributed by atoms with Gasteiger partial charge in [-0.3, -0.25) is 4.68 Å². The van der Waals surface area contributed by atoms with Crippen LogP contribution in [0.15, 0.2) is 18.2 Å². The van der Waals surface area contributed by atoms with Gasteiger partial charge in [-0.25, -0.2) is 4.79 Å². The highest BCUT2D eigenvalue weighted by Gasteiger charge is 2.19. The number of benzene rings is 1. The Kier molecular flexibility index (Phi) is 3.51. The maximum atomic E-state index is 11.7. The van der Waals surface area contributed by atoms with Crippen molar-refractivity contribution in [2.24, 2.45) is 7.05 Å². The molecule has 1 heterocycles. The third-order valence-electron chi connectivity index (χ3n) is 2.92. The lowest BCUT2D eigenvalue weighted by atomic mass is 10.1. The van der Waals surface area contributed by atoms with Crippen LogP contribution < -0.4 is 10.5 Å². The number of hydrogen-bond donors (Lipinski definition) is 2. The number of hydrogen-bond acceptors (Lipinski definition) is 6. The van der Waals surface area contributed by atoms with Crippen LogP contribution in [0.25, 0.3) is 11.3 Å². The minimum absolute atomic E-state index is 0.0624. The quantitative estimate of drug-likeness (QED) is 0.817. The fraction of sp³-hybridized carbons (Fsp3) is 0.231. The number of carbonyl (C=O) groups is 1. The number of ether oxygens (including phenoxy) is 2. The number of aromatic hydroxyl groups is 1. The Hall–Kier alpha value is -2.70. The van der Waals surface area contributed by atoms with Crippen molar-refractivity contribution in [2.45, 2.75) is 0 Å². The summed E-state index contributed by atoms with van der Waals surface area (Å²) in [5.41, 5.74) is 6.74. The second-order valence-corrected chi connectivity index (χ2v) is 4.14. The number of phenolic OH excluding ortho intramolecular Hbond substituents is 1. The summed E-state index contributed by atoms with van der Waals surface area (Å²) in [6, 6.07) is 4.40. The van der Waals surface area contributed by atoms with Crippen molar-refractivity contribution in [1.82, 2.24) is 9.78 Å². The highest BCUT2D eigenvalue weighted by Crippen LogP contribution is 2.35. The van der Waals surface area contributed by atoms with Crippen LogP contribution in [0.1, 0.15) is 10.4 Å². The van der Waals surface area contributed by atoms with Crippen LogP contribution in [0.4, 0.5) is 5.82 Å². The first-order chi connectivity index (χ1) is 9.47. The molecule has 0 aliphatic carbocycles. The van der Waals surface area contributed by atoms with Crippen molar-refractivity contribution in [1.29, 1.82) is 0 Å². The van der Waals surface area contributed by atoms with E-state index in [4.69, 9.17) is 10.5 Å². The third-order valence-corrected chi connectivity index (χ3v) is 2.92. The van der Waals surface area contributed by atoms with Gasteiger partial charge in [-0.2, -0.15) is 5.10 Å². The minimum atomic E-state index is -0.563. The summed E-state index contributed by atoms with van der Waals surface area (Å²) in [6.45, 7) is 0. The number of esters is 1. The molecule has 0 bridgehead atoms.